The molecule has 5 heteroatoms. The van der Waals surface area contributed by atoms with Gasteiger partial charge in [0.1, 0.15) is 11.7 Å². The molecule has 1 heterocycles. The molecular formula is C29H33FN4. The van der Waals surface area contributed by atoms with Crippen LogP contribution in [-0.4, -0.2) is 29.3 Å². The van der Waals surface area contributed by atoms with Gasteiger partial charge in [0.05, 0.1) is 5.69 Å². The summed E-state index contributed by atoms with van der Waals surface area (Å²) in [6, 6.07) is 21.1. The zero-order valence-electron chi connectivity index (χ0n) is 20.5. The van der Waals surface area contributed by atoms with Crippen molar-refractivity contribution in [3.8, 4) is 0 Å². The van der Waals surface area contributed by atoms with Crippen LogP contribution in [0.5, 0.6) is 0 Å². The lowest BCUT2D eigenvalue weighted by molar-refractivity contribution is 0.256. The molecule has 1 atom stereocenters. The minimum absolute atomic E-state index is 0.264. The van der Waals surface area contributed by atoms with Crippen molar-refractivity contribution >= 4 is 23.2 Å². The Morgan fingerprint density at radius 2 is 1.56 bits per heavy atom. The van der Waals surface area contributed by atoms with Crippen molar-refractivity contribution in [3.05, 3.63) is 94.8 Å². The number of hydrogen-bond acceptors (Lipinski definition) is 1. The number of nitrogens with zero attached hydrogens (tertiary/aromatic N) is 3. The lowest BCUT2D eigenvalue weighted by Gasteiger charge is -2.34. The summed E-state index contributed by atoms with van der Waals surface area (Å²) in [5.74, 6) is 1.15. The van der Waals surface area contributed by atoms with Gasteiger partial charge in [-0.25, -0.2) is 9.38 Å². The number of hydrogen-bond donors (Lipinski definition) is 1. The lowest BCUT2D eigenvalue weighted by atomic mass is 10.0. The summed E-state index contributed by atoms with van der Waals surface area (Å²) in [6.45, 7) is 9.42. The van der Waals surface area contributed by atoms with E-state index in [1.165, 1.54) is 18.6 Å². The number of para-hydroxylation sites is 1. The van der Waals surface area contributed by atoms with E-state index in [9.17, 15) is 4.39 Å². The van der Waals surface area contributed by atoms with Crippen LogP contribution in [-0.2, 0) is 0 Å². The number of likely N-dealkylation sites (tertiary alicyclic amines) is 1. The first-order chi connectivity index (χ1) is 16.4. The van der Waals surface area contributed by atoms with E-state index < -0.39 is 0 Å². The van der Waals surface area contributed by atoms with E-state index in [1.54, 1.807) is 12.1 Å². The van der Waals surface area contributed by atoms with Crippen molar-refractivity contribution in [2.24, 2.45) is 9.98 Å². The Hall–Kier alpha value is -3.47. The molecule has 176 valence electrons. The first kappa shape index (κ1) is 23.7. The van der Waals surface area contributed by atoms with Gasteiger partial charge in [-0.2, -0.15) is 4.99 Å². The molecule has 4 nitrogen and oxygen atoms in total. The molecule has 1 N–H and O–H groups in total. The predicted octanol–water partition coefficient (Wildman–Crippen LogP) is 7.17. The molecule has 0 bridgehead atoms. The van der Waals surface area contributed by atoms with Crippen LogP contribution in [0.15, 0.2) is 76.7 Å². The molecule has 1 unspecified atom stereocenters. The summed E-state index contributed by atoms with van der Waals surface area (Å²) in [4.78, 5) is 12.6. The largest absolute Gasteiger partial charge is 0.340 e. The summed E-state index contributed by atoms with van der Waals surface area (Å²) in [6.07, 6.45) is 3.46. The summed E-state index contributed by atoms with van der Waals surface area (Å²) < 4.78 is 13.6. The van der Waals surface area contributed by atoms with Gasteiger partial charge in [-0.3, -0.25) is 0 Å². The maximum Gasteiger partial charge on any atom is 0.228 e. The van der Waals surface area contributed by atoms with Crippen LogP contribution < -0.4 is 5.32 Å². The van der Waals surface area contributed by atoms with Crippen molar-refractivity contribution in [1.29, 1.82) is 0 Å². The lowest BCUT2D eigenvalue weighted by Crippen LogP contribution is -2.42. The Morgan fingerprint density at radius 1 is 0.882 bits per heavy atom. The molecule has 3 aromatic carbocycles. The molecule has 34 heavy (non-hydrogen) atoms. The third-order valence-corrected chi connectivity index (χ3v) is 6.43. The third kappa shape index (κ3) is 5.53. The van der Waals surface area contributed by atoms with Gasteiger partial charge < -0.3 is 10.2 Å². The maximum absolute atomic E-state index is 13.6. The van der Waals surface area contributed by atoms with E-state index in [0.29, 0.717) is 17.8 Å². The van der Waals surface area contributed by atoms with Crippen LogP contribution in [0, 0.1) is 26.6 Å². The fourth-order valence-corrected chi connectivity index (χ4v) is 4.45. The van der Waals surface area contributed by atoms with Crippen molar-refractivity contribution in [2.75, 3.05) is 11.9 Å². The van der Waals surface area contributed by atoms with Crippen molar-refractivity contribution in [2.45, 2.75) is 53.0 Å². The van der Waals surface area contributed by atoms with E-state index in [1.807, 2.05) is 18.2 Å². The summed E-state index contributed by atoms with van der Waals surface area (Å²) in [7, 11) is 0. The average molecular weight is 457 g/mol. The van der Waals surface area contributed by atoms with Crippen molar-refractivity contribution < 1.29 is 4.39 Å². The quantitative estimate of drug-likeness (QED) is 0.335. The molecule has 0 radical (unpaired) electrons. The summed E-state index contributed by atoms with van der Waals surface area (Å²) in [5, 5.41) is 3.46. The SMILES string of the molecule is Cc1ccccc1N=C(/N=C(/Nc1ccc(F)cc1)c1c(C)cccc1C)N1CCCCC1C. The number of benzene rings is 3. The highest BCUT2D eigenvalue weighted by Crippen LogP contribution is 2.24. The number of aryl methyl sites for hydroxylation is 3. The number of guanidine groups is 1. The minimum Gasteiger partial charge on any atom is -0.340 e. The standard InChI is InChI=1S/C29H33FN4/c1-20-10-5-6-14-26(20)32-29(34-19-8-7-13-23(34)4)33-28(27-21(2)11-9-12-22(27)3)31-25-17-15-24(30)16-18-25/h5-6,9-12,14-18,23H,7-8,13,19H2,1-4H3,(H,31,32,33). The van der Waals surface area contributed by atoms with E-state index >= 15 is 0 Å². The molecule has 0 aromatic heterocycles. The molecule has 1 saturated heterocycles. The highest BCUT2D eigenvalue weighted by molar-refractivity contribution is 6.14. The number of amidine groups is 1. The first-order valence-corrected chi connectivity index (χ1v) is 12.0. The first-order valence-electron chi connectivity index (χ1n) is 12.0. The van der Waals surface area contributed by atoms with E-state index in [2.05, 4.69) is 62.2 Å². The predicted molar refractivity (Wildman–Crippen MR) is 141 cm³/mol. The van der Waals surface area contributed by atoms with E-state index in [-0.39, 0.29) is 5.82 Å². The van der Waals surface area contributed by atoms with Crippen LogP contribution in [0.2, 0.25) is 0 Å². The topological polar surface area (TPSA) is 40.0 Å². The summed E-state index contributed by atoms with van der Waals surface area (Å²) >= 11 is 0. The second-order valence-electron chi connectivity index (χ2n) is 9.10. The van der Waals surface area contributed by atoms with Gasteiger partial charge in [-0.05, 0) is 94.0 Å². The highest BCUT2D eigenvalue weighted by Gasteiger charge is 2.23. The normalized spacial score (nSPS) is 17.1. The fraction of sp³-hybridized carbons (Fsp3) is 0.310. The minimum atomic E-state index is -0.264. The van der Waals surface area contributed by atoms with Gasteiger partial charge in [-0.1, -0.05) is 36.4 Å². The van der Waals surface area contributed by atoms with Crippen molar-refractivity contribution in [3.63, 3.8) is 0 Å². The molecule has 1 aliphatic heterocycles. The molecular weight excluding hydrogens is 423 g/mol. The zero-order valence-corrected chi connectivity index (χ0v) is 20.5. The average Bonchev–Trinajstić information content (AvgIpc) is 2.81. The molecule has 1 aliphatic rings. The number of anilines is 1. The summed E-state index contributed by atoms with van der Waals surface area (Å²) in [5.41, 5.74) is 6.09. The van der Waals surface area contributed by atoms with Gasteiger partial charge in [0.25, 0.3) is 0 Å². The number of aliphatic imine (C=N–C) groups is 2. The van der Waals surface area contributed by atoms with Crippen LogP contribution in [0.25, 0.3) is 0 Å². The molecule has 0 aliphatic carbocycles. The van der Waals surface area contributed by atoms with Gasteiger partial charge >= 0.3 is 0 Å². The van der Waals surface area contributed by atoms with Gasteiger partial charge in [0, 0.05) is 23.8 Å². The highest BCUT2D eigenvalue weighted by atomic mass is 19.1. The monoisotopic (exact) mass is 456 g/mol. The van der Waals surface area contributed by atoms with Crippen LogP contribution >= 0.6 is 0 Å². The molecule has 0 saturated carbocycles. The number of nitrogens with one attached hydrogen (secondary N) is 1. The second kappa shape index (κ2) is 10.6. The fourth-order valence-electron chi connectivity index (χ4n) is 4.45. The third-order valence-electron chi connectivity index (χ3n) is 6.43. The Balaban J connectivity index is 1.88. The molecule has 0 amide bonds. The van der Waals surface area contributed by atoms with E-state index in [4.69, 9.17) is 9.98 Å². The van der Waals surface area contributed by atoms with Gasteiger partial charge in [0.2, 0.25) is 5.96 Å². The van der Waals surface area contributed by atoms with E-state index in [0.717, 1.165) is 53.0 Å². The Bertz CT molecular complexity index is 1180. The number of rotatable bonds is 3. The van der Waals surface area contributed by atoms with Crippen LogP contribution in [0.1, 0.15) is 48.4 Å². The van der Waals surface area contributed by atoms with Gasteiger partial charge in [0.15, 0.2) is 0 Å². The molecule has 1 fully saturated rings. The molecule has 4 rings (SSSR count). The number of piperidine rings is 1. The molecule has 0 spiro atoms. The Labute approximate surface area is 202 Å². The van der Waals surface area contributed by atoms with Crippen LogP contribution in [0.4, 0.5) is 15.8 Å². The van der Waals surface area contributed by atoms with Crippen LogP contribution in [0.3, 0.4) is 0 Å². The Kier molecular flexibility index (Phi) is 7.41. The molecule has 3 aromatic rings. The number of halogens is 1. The smallest absolute Gasteiger partial charge is 0.228 e. The van der Waals surface area contributed by atoms with Gasteiger partial charge in [-0.15, -0.1) is 0 Å². The maximum atomic E-state index is 13.6. The van der Waals surface area contributed by atoms with Crippen molar-refractivity contribution in [1.82, 2.24) is 4.90 Å². The Morgan fingerprint density at radius 3 is 2.24 bits per heavy atom. The zero-order chi connectivity index (χ0) is 24.1. The second-order valence-corrected chi connectivity index (χ2v) is 9.10.